The van der Waals surface area contributed by atoms with Crippen LogP contribution in [0.4, 0.5) is 0 Å². The van der Waals surface area contributed by atoms with Crippen LogP contribution in [0.15, 0.2) is 30.3 Å². The van der Waals surface area contributed by atoms with E-state index in [4.69, 9.17) is 0 Å². The molecule has 0 spiro atoms. The highest BCUT2D eigenvalue weighted by Gasteiger charge is 2.54. The van der Waals surface area contributed by atoms with Crippen molar-refractivity contribution in [3.63, 3.8) is 0 Å². The predicted octanol–water partition coefficient (Wildman–Crippen LogP) is 2.73. The van der Waals surface area contributed by atoms with Crippen LogP contribution in [0.1, 0.15) is 63.9 Å². The van der Waals surface area contributed by atoms with Crippen molar-refractivity contribution >= 4 is 23.6 Å². The van der Waals surface area contributed by atoms with Gasteiger partial charge in [-0.1, -0.05) is 49.6 Å². The third-order valence-electron chi connectivity index (χ3n) is 7.65. The lowest BCUT2D eigenvalue weighted by Gasteiger charge is -2.31. The van der Waals surface area contributed by atoms with Crippen LogP contribution >= 0.6 is 0 Å². The molecule has 3 fully saturated rings. The molecule has 1 atom stereocenters. The first kappa shape index (κ1) is 23.5. The number of likely N-dealkylation sites (tertiary alicyclic amines) is 1. The van der Waals surface area contributed by atoms with Crippen molar-refractivity contribution in [1.29, 1.82) is 0 Å². The average Bonchev–Trinajstić information content (AvgIpc) is 2.99. The molecule has 0 bridgehead atoms. The number of benzene rings is 1. The zero-order chi connectivity index (χ0) is 23.4. The smallest absolute Gasteiger partial charge is 0.240 e. The zero-order valence-electron chi connectivity index (χ0n) is 19.6. The largest absolute Gasteiger partial charge is 0.341 e. The van der Waals surface area contributed by atoms with Crippen LogP contribution in [0.5, 0.6) is 0 Å². The number of hydrogen-bond donors (Lipinski definition) is 0. The summed E-state index contributed by atoms with van der Waals surface area (Å²) in [5.41, 5.74) is -0.403. The molecular formula is C26H35N3O4. The monoisotopic (exact) mass is 453 g/mol. The molecule has 7 heteroatoms. The lowest BCUT2D eigenvalue weighted by atomic mass is 9.75. The van der Waals surface area contributed by atoms with Gasteiger partial charge in [-0.25, -0.2) is 0 Å². The highest BCUT2D eigenvalue weighted by Crippen LogP contribution is 2.41. The summed E-state index contributed by atoms with van der Waals surface area (Å²) in [7, 11) is 0. The Hall–Kier alpha value is -2.70. The van der Waals surface area contributed by atoms with Gasteiger partial charge in [-0.3, -0.25) is 24.1 Å². The fraction of sp³-hybridized carbons (Fsp3) is 0.615. The molecule has 4 rings (SSSR count). The summed E-state index contributed by atoms with van der Waals surface area (Å²) in [5.74, 6) is -0.138. The third kappa shape index (κ3) is 4.97. The second-order valence-corrected chi connectivity index (χ2v) is 9.86. The zero-order valence-corrected chi connectivity index (χ0v) is 19.6. The first-order valence-electron chi connectivity index (χ1n) is 12.3. The molecule has 178 valence electrons. The van der Waals surface area contributed by atoms with Crippen molar-refractivity contribution in [1.82, 2.24) is 14.7 Å². The first-order chi connectivity index (χ1) is 15.9. The van der Waals surface area contributed by atoms with Crippen molar-refractivity contribution in [2.75, 3.05) is 32.7 Å². The van der Waals surface area contributed by atoms with Crippen molar-refractivity contribution in [2.24, 2.45) is 5.92 Å². The molecule has 0 aromatic heterocycles. The van der Waals surface area contributed by atoms with Crippen LogP contribution in [0.25, 0.3) is 0 Å². The van der Waals surface area contributed by atoms with E-state index >= 15 is 0 Å². The molecule has 1 aromatic carbocycles. The van der Waals surface area contributed by atoms with Crippen LogP contribution in [0, 0.1) is 5.92 Å². The van der Waals surface area contributed by atoms with Gasteiger partial charge in [0, 0.05) is 52.5 Å². The van der Waals surface area contributed by atoms with Crippen molar-refractivity contribution in [2.45, 2.75) is 63.7 Å². The summed E-state index contributed by atoms with van der Waals surface area (Å²) in [6, 6.07) is 9.33. The molecule has 2 aliphatic heterocycles. The number of rotatable bonds is 5. The normalized spacial score (nSPS) is 24.8. The van der Waals surface area contributed by atoms with E-state index in [0.717, 1.165) is 31.2 Å². The van der Waals surface area contributed by atoms with E-state index in [-0.39, 0.29) is 36.5 Å². The van der Waals surface area contributed by atoms with Crippen LogP contribution in [-0.2, 0) is 24.6 Å². The van der Waals surface area contributed by atoms with E-state index in [9.17, 15) is 19.2 Å². The minimum atomic E-state index is -1.14. The Kier molecular flexibility index (Phi) is 7.15. The minimum Gasteiger partial charge on any atom is -0.341 e. The van der Waals surface area contributed by atoms with Gasteiger partial charge >= 0.3 is 0 Å². The second-order valence-electron chi connectivity index (χ2n) is 9.86. The third-order valence-corrected chi connectivity index (χ3v) is 7.65. The lowest BCUT2D eigenvalue weighted by Crippen LogP contribution is -2.45. The van der Waals surface area contributed by atoms with Gasteiger partial charge in [0.05, 0.1) is 5.41 Å². The Morgan fingerprint density at radius 3 is 2.27 bits per heavy atom. The summed E-state index contributed by atoms with van der Waals surface area (Å²) in [4.78, 5) is 57.1. The van der Waals surface area contributed by atoms with Gasteiger partial charge in [-0.15, -0.1) is 0 Å². The van der Waals surface area contributed by atoms with Crippen molar-refractivity contribution in [3.05, 3.63) is 35.9 Å². The Morgan fingerprint density at radius 1 is 0.909 bits per heavy atom. The Morgan fingerprint density at radius 2 is 1.58 bits per heavy atom. The van der Waals surface area contributed by atoms with E-state index in [2.05, 4.69) is 0 Å². The molecular weight excluding hydrogens is 418 g/mol. The van der Waals surface area contributed by atoms with E-state index < -0.39 is 5.41 Å². The second kappa shape index (κ2) is 10.1. The maximum absolute atomic E-state index is 13.8. The summed E-state index contributed by atoms with van der Waals surface area (Å²) in [6.45, 7) is 4.16. The Labute approximate surface area is 196 Å². The van der Waals surface area contributed by atoms with Gasteiger partial charge in [-0.2, -0.15) is 0 Å². The molecule has 1 unspecified atom stereocenters. The Balaban J connectivity index is 1.55. The molecule has 33 heavy (non-hydrogen) atoms. The van der Waals surface area contributed by atoms with E-state index in [1.165, 1.54) is 11.3 Å². The number of amides is 4. The van der Waals surface area contributed by atoms with Gasteiger partial charge in [0.1, 0.15) is 0 Å². The Bertz CT molecular complexity index is 896. The SMILES string of the molecule is CC(=O)N1CCCN(C(=O)CC2(c3ccccc3)CC(=O)N(CC3CCCCC3)C2=O)CC1. The molecule has 0 N–H and O–H groups in total. The van der Waals surface area contributed by atoms with Gasteiger partial charge in [0.15, 0.2) is 0 Å². The summed E-state index contributed by atoms with van der Waals surface area (Å²) in [5, 5.41) is 0. The number of hydrogen-bond acceptors (Lipinski definition) is 4. The van der Waals surface area contributed by atoms with Crippen LogP contribution in [-0.4, -0.2) is 71.1 Å². The highest BCUT2D eigenvalue weighted by molar-refractivity contribution is 6.10. The quantitative estimate of drug-likeness (QED) is 0.643. The van der Waals surface area contributed by atoms with Crippen LogP contribution < -0.4 is 0 Å². The maximum atomic E-state index is 13.8. The van der Waals surface area contributed by atoms with Gasteiger partial charge in [0.2, 0.25) is 23.6 Å². The van der Waals surface area contributed by atoms with Crippen molar-refractivity contribution in [3.8, 4) is 0 Å². The number of nitrogens with zero attached hydrogens (tertiary/aromatic N) is 3. The van der Waals surface area contributed by atoms with Gasteiger partial charge < -0.3 is 9.80 Å². The first-order valence-corrected chi connectivity index (χ1v) is 12.3. The topological polar surface area (TPSA) is 78.0 Å². The molecule has 1 aromatic rings. The average molecular weight is 454 g/mol. The summed E-state index contributed by atoms with van der Waals surface area (Å²) in [6.07, 6.45) is 6.36. The van der Waals surface area contributed by atoms with Crippen LogP contribution in [0.2, 0.25) is 0 Å². The molecule has 3 aliphatic rings. The maximum Gasteiger partial charge on any atom is 0.240 e. The fourth-order valence-corrected chi connectivity index (χ4v) is 5.69. The molecule has 1 aliphatic carbocycles. The predicted molar refractivity (Wildman–Crippen MR) is 124 cm³/mol. The standard InChI is InChI=1S/C26H35N3O4/c1-20(30)27-13-8-14-28(16-15-27)23(31)17-26(22-11-6-3-7-12-22)18-24(32)29(25(26)33)19-21-9-4-2-5-10-21/h3,6-7,11-12,21H,2,4-5,8-10,13-19H2,1H3. The molecule has 4 amide bonds. The fourth-order valence-electron chi connectivity index (χ4n) is 5.69. The summed E-state index contributed by atoms with van der Waals surface area (Å²) >= 11 is 0. The summed E-state index contributed by atoms with van der Waals surface area (Å²) < 4.78 is 0. The molecule has 0 radical (unpaired) electrons. The van der Waals surface area contributed by atoms with Gasteiger partial charge in [-0.05, 0) is 30.7 Å². The minimum absolute atomic E-state index is 0.0111. The van der Waals surface area contributed by atoms with E-state index in [1.807, 2.05) is 30.3 Å². The van der Waals surface area contributed by atoms with E-state index in [0.29, 0.717) is 45.1 Å². The van der Waals surface area contributed by atoms with Crippen LogP contribution in [0.3, 0.4) is 0 Å². The number of imide groups is 1. The van der Waals surface area contributed by atoms with Gasteiger partial charge in [0.25, 0.3) is 0 Å². The highest BCUT2D eigenvalue weighted by atomic mass is 16.2. The van der Waals surface area contributed by atoms with E-state index in [1.54, 1.807) is 16.7 Å². The number of carbonyl (C=O) groups excluding carboxylic acids is 4. The molecule has 2 saturated heterocycles. The number of carbonyl (C=O) groups is 4. The molecule has 2 heterocycles. The molecule has 7 nitrogen and oxygen atoms in total. The lowest BCUT2D eigenvalue weighted by molar-refractivity contribution is -0.143. The molecule has 1 saturated carbocycles. The van der Waals surface area contributed by atoms with Crippen molar-refractivity contribution < 1.29 is 19.2 Å².